The maximum Gasteiger partial charge on any atom is 0.417 e. The lowest BCUT2D eigenvalue weighted by Crippen LogP contribution is -2.37. The molecule has 2 heterocycles. The van der Waals surface area contributed by atoms with Crippen LogP contribution < -0.4 is 5.32 Å². The number of anilines is 1. The van der Waals surface area contributed by atoms with Gasteiger partial charge in [0.05, 0.1) is 17.0 Å². The first-order valence-corrected chi connectivity index (χ1v) is 8.04. The highest BCUT2D eigenvalue weighted by atomic mass is 35.5. The van der Waals surface area contributed by atoms with Gasteiger partial charge in [0.15, 0.2) is 0 Å². The lowest BCUT2D eigenvalue weighted by atomic mass is 10.1. The van der Waals surface area contributed by atoms with Crippen LogP contribution in [-0.4, -0.2) is 46.0 Å². The highest BCUT2D eigenvalue weighted by molar-refractivity contribution is 6.32. The van der Waals surface area contributed by atoms with Gasteiger partial charge >= 0.3 is 12.1 Å². The molecular weight excluding hydrogens is 363 g/mol. The van der Waals surface area contributed by atoms with Crippen LogP contribution in [-0.2, 0) is 15.8 Å². The lowest BCUT2D eigenvalue weighted by molar-refractivity contribution is -0.140. The minimum absolute atomic E-state index is 0.0611. The fourth-order valence-corrected chi connectivity index (χ4v) is 2.97. The molecule has 6 nitrogen and oxygen atoms in total. The van der Waals surface area contributed by atoms with Gasteiger partial charge in [-0.3, -0.25) is 9.59 Å². The Balaban J connectivity index is 1.88. The minimum atomic E-state index is -4.53. The van der Waals surface area contributed by atoms with Gasteiger partial charge in [-0.1, -0.05) is 11.6 Å². The average molecular weight is 380 g/mol. The largest absolute Gasteiger partial charge is 0.481 e. The predicted octanol–water partition coefficient (Wildman–Crippen LogP) is 3.02. The van der Waals surface area contributed by atoms with Crippen LogP contribution in [0.1, 0.15) is 31.2 Å². The van der Waals surface area contributed by atoms with Crippen LogP contribution in [0.3, 0.4) is 0 Å². The number of carbonyl (C=O) groups is 2. The fraction of sp³-hybridized carbons (Fsp3) is 0.533. The number of aliphatic carboxylic acids is 1. The molecule has 2 rings (SSSR count). The quantitative estimate of drug-likeness (QED) is 0.794. The summed E-state index contributed by atoms with van der Waals surface area (Å²) in [4.78, 5) is 28.2. The van der Waals surface area contributed by atoms with E-state index in [9.17, 15) is 22.8 Å². The van der Waals surface area contributed by atoms with Crippen molar-refractivity contribution in [1.82, 2.24) is 9.88 Å². The van der Waals surface area contributed by atoms with Gasteiger partial charge in [0, 0.05) is 31.7 Å². The molecule has 1 atom stereocenters. The monoisotopic (exact) mass is 379 g/mol. The molecule has 0 unspecified atom stereocenters. The SMILES string of the molecule is O=C(O)C[C@@H]1CCCN1C(=O)CCNc1ncc(C(F)(F)F)cc1Cl. The zero-order chi connectivity index (χ0) is 18.6. The number of carboxylic acids is 1. The van der Waals surface area contributed by atoms with Crippen LogP contribution in [0.4, 0.5) is 19.0 Å². The Labute approximate surface area is 147 Å². The molecular formula is C15H17ClF3N3O3. The number of amides is 1. The van der Waals surface area contributed by atoms with Crippen LogP contribution in [0.2, 0.25) is 5.02 Å². The number of carbonyl (C=O) groups excluding carboxylic acids is 1. The smallest absolute Gasteiger partial charge is 0.417 e. The van der Waals surface area contributed by atoms with E-state index in [0.717, 1.165) is 12.5 Å². The van der Waals surface area contributed by atoms with Gasteiger partial charge in [-0.05, 0) is 18.9 Å². The molecule has 1 fully saturated rings. The normalized spacial score (nSPS) is 17.6. The first-order valence-electron chi connectivity index (χ1n) is 7.66. The van der Waals surface area contributed by atoms with E-state index >= 15 is 0 Å². The van der Waals surface area contributed by atoms with E-state index in [1.54, 1.807) is 0 Å². The van der Waals surface area contributed by atoms with E-state index in [1.807, 2.05) is 0 Å². The van der Waals surface area contributed by atoms with Gasteiger partial charge in [0.25, 0.3) is 0 Å². The number of likely N-dealkylation sites (tertiary alicyclic amines) is 1. The third kappa shape index (κ3) is 5.22. The van der Waals surface area contributed by atoms with E-state index in [4.69, 9.17) is 16.7 Å². The van der Waals surface area contributed by atoms with Crippen molar-refractivity contribution in [3.05, 3.63) is 22.8 Å². The van der Waals surface area contributed by atoms with Crippen LogP contribution in [0.15, 0.2) is 12.3 Å². The standard InChI is InChI=1S/C15H17ClF3N3O3/c16-11-6-9(15(17,18)19)8-21-14(11)20-4-3-12(23)22-5-1-2-10(22)7-13(24)25/h6,8,10H,1-5,7H2,(H,20,21)(H,24,25)/t10-/m0/s1. The maximum atomic E-state index is 12.5. The Kier molecular flexibility index (Phi) is 6.10. The van der Waals surface area contributed by atoms with E-state index in [-0.39, 0.29) is 42.2 Å². The van der Waals surface area contributed by atoms with Crippen LogP contribution in [0, 0.1) is 0 Å². The van der Waals surface area contributed by atoms with Crippen molar-refractivity contribution in [2.24, 2.45) is 0 Å². The number of hydrogen-bond donors (Lipinski definition) is 2. The molecule has 138 valence electrons. The summed E-state index contributed by atoms with van der Waals surface area (Å²) in [7, 11) is 0. The first-order chi connectivity index (χ1) is 11.7. The Hall–Kier alpha value is -2.03. The summed E-state index contributed by atoms with van der Waals surface area (Å²) in [6, 6.07) is 0.458. The third-order valence-electron chi connectivity index (χ3n) is 3.91. The maximum absolute atomic E-state index is 12.5. The summed E-state index contributed by atoms with van der Waals surface area (Å²) in [5, 5.41) is 11.4. The predicted molar refractivity (Wildman–Crippen MR) is 84.3 cm³/mol. The van der Waals surface area contributed by atoms with E-state index in [1.165, 1.54) is 4.90 Å². The molecule has 1 amide bonds. The molecule has 1 aliphatic heterocycles. The molecule has 1 aromatic rings. The number of aromatic nitrogens is 1. The second-order valence-electron chi connectivity index (χ2n) is 5.71. The number of nitrogens with zero attached hydrogens (tertiary/aromatic N) is 2. The molecule has 0 spiro atoms. The lowest BCUT2D eigenvalue weighted by Gasteiger charge is -2.23. The minimum Gasteiger partial charge on any atom is -0.481 e. The summed E-state index contributed by atoms with van der Waals surface area (Å²) in [5.41, 5.74) is -0.951. The number of halogens is 4. The summed E-state index contributed by atoms with van der Waals surface area (Å²) in [5.74, 6) is -1.10. The Morgan fingerprint density at radius 1 is 1.44 bits per heavy atom. The van der Waals surface area contributed by atoms with Gasteiger partial charge in [-0.2, -0.15) is 13.2 Å². The highest BCUT2D eigenvalue weighted by Gasteiger charge is 2.32. The number of pyridine rings is 1. The molecule has 2 N–H and O–H groups in total. The average Bonchev–Trinajstić information content (AvgIpc) is 2.95. The van der Waals surface area contributed by atoms with E-state index in [2.05, 4.69) is 10.3 Å². The third-order valence-corrected chi connectivity index (χ3v) is 4.20. The zero-order valence-electron chi connectivity index (χ0n) is 13.1. The molecule has 0 radical (unpaired) electrons. The van der Waals surface area contributed by atoms with Gasteiger partial charge in [-0.15, -0.1) is 0 Å². The Morgan fingerprint density at radius 2 is 2.16 bits per heavy atom. The van der Waals surface area contributed by atoms with Crippen molar-refractivity contribution in [1.29, 1.82) is 0 Å². The summed E-state index contributed by atoms with van der Waals surface area (Å²) >= 11 is 5.77. The van der Waals surface area contributed by atoms with Crippen molar-refractivity contribution in [2.45, 2.75) is 37.9 Å². The summed E-state index contributed by atoms with van der Waals surface area (Å²) in [6.45, 7) is 0.642. The highest BCUT2D eigenvalue weighted by Crippen LogP contribution is 2.32. The van der Waals surface area contributed by atoms with E-state index in [0.29, 0.717) is 19.2 Å². The van der Waals surface area contributed by atoms with Crippen LogP contribution in [0.25, 0.3) is 0 Å². The topological polar surface area (TPSA) is 82.5 Å². The molecule has 10 heteroatoms. The van der Waals surface area contributed by atoms with Crippen molar-refractivity contribution in [3.8, 4) is 0 Å². The van der Waals surface area contributed by atoms with Crippen molar-refractivity contribution in [2.75, 3.05) is 18.4 Å². The molecule has 1 saturated heterocycles. The first kappa shape index (κ1) is 19.3. The zero-order valence-corrected chi connectivity index (χ0v) is 13.9. The Bertz CT molecular complexity index is 655. The number of nitrogens with one attached hydrogen (secondary N) is 1. The Morgan fingerprint density at radius 3 is 2.76 bits per heavy atom. The number of hydrogen-bond acceptors (Lipinski definition) is 4. The second kappa shape index (κ2) is 7.90. The van der Waals surface area contributed by atoms with Crippen LogP contribution >= 0.6 is 11.6 Å². The van der Waals surface area contributed by atoms with Crippen LogP contribution in [0.5, 0.6) is 0 Å². The van der Waals surface area contributed by atoms with Gasteiger partial charge in [0.1, 0.15) is 5.82 Å². The van der Waals surface area contributed by atoms with Gasteiger partial charge in [-0.25, -0.2) is 4.98 Å². The molecule has 1 aliphatic rings. The fourth-order valence-electron chi connectivity index (χ4n) is 2.73. The van der Waals surface area contributed by atoms with Crippen molar-refractivity contribution >= 4 is 29.3 Å². The van der Waals surface area contributed by atoms with Gasteiger partial charge in [0.2, 0.25) is 5.91 Å². The molecule has 0 bridgehead atoms. The number of rotatable bonds is 6. The molecule has 0 aliphatic carbocycles. The summed E-state index contributed by atoms with van der Waals surface area (Å²) < 4.78 is 37.6. The second-order valence-corrected chi connectivity index (χ2v) is 6.12. The molecule has 1 aromatic heterocycles. The van der Waals surface area contributed by atoms with Crippen molar-refractivity contribution < 1.29 is 27.9 Å². The van der Waals surface area contributed by atoms with E-state index < -0.39 is 17.7 Å². The molecule has 0 aromatic carbocycles. The summed E-state index contributed by atoms with van der Waals surface area (Å²) in [6.07, 6.45) is -2.48. The molecule has 0 saturated carbocycles. The number of carboxylic acid groups (broad SMARTS) is 1. The number of alkyl halides is 3. The van der Waals surface area contributed by atoms with Gasteiger partial charge < -0.3 is 15.3 Å². The molecule has 25 heavy (non-hydrogen) atoms. The van der Waals surface area contributed by atoms with Crippen molar-refractivity contribution in [3.63, 3.8) is 0 Å².